The highest BCUT2D eigenvalue weighted by atomic mass is 16.3. The van der Waals surface area contributed by atoms with Crippen molar-refractivity contribution in [2.75, 3.05) is 0 Å². The number of benzene rings is 3. The first kappa shape index (κ1) is 15.4. The summed E-state index contributed by atoms with van der Waals surface area (Å²) >= 11 is 0. The van der Waals surface area contributed by atoms with E-state index >= 15 is 0 Å². The second-order valence-corrected chi connectivity index (χ2v) is 7.19. The number of rotatable bonds is 3. The molecule has 3 aromatic carbocycles. The van der Waals surface area contributed by atoms with Gasteiger partial charge in [0.1, 0.15) is 0 Å². The number of hydrogen-bond acceptors (Lipinski definition) is 1. The van der Waals surface area contributed by atoms with E-state index in [1.165, 1.54) is 22.1 Å². The quantitative estimate of drug-likeness (QED) is 0.528. The van der Waals surface area contributed by atoms with Crippen molar-refractivity contribution in [3.05, 3.63) is 107 Å². The van der Waals surface area contributed by atoms with Crippen LogP contribution in [-0.4, -0.2) is 10.1 Å². The first-order valence-corrected chi connectivity index (χ1v) is 9.20. The third-order valence-corrected chi connectivity index (χ3v) is 5.78. The van der Waals surface area contributed by atoms with Gasteiger partial charge in [0.2, 0.25) is 0 Å². The summed E-state index contributed by atoms with van der Waals surface area (Å²) in [5.74, 6) is 0.281. The maximum Gasteiger partial charge on any atom is 0.0833 e. The van der Waals surface area contributed by atoms with Crippen molar-refractivity contribution < 1.29 is 5.11 Å². The SMILES string of the molecule is O[C@H]1c2ccccc2C[C@@H]1[C@H](c1ccccc1)c1c[nH]c2ccccc12. The molecule has 26 heavy (non-hydrogen) atoms. The van der Waals surface area contributed by atoms with Gasteiger partial charge in [0.15, 0.2) is 0 Å². The molecule has 2 N–H and O–H groups in total. The lowest BCUT2D eigenvalue weighted by Crippen LogP contribution is -2.18. The Balaban J connectivity index is 1.67. The Morgan fingerprint density at radius 1 is 0.846 bits per heavy atom. The monoisotopic (exact) mass is 339 g/mol. The molecule has 1 aliphatic carbocycles. The molecule has 5 rings (SSSR count). The first-order valence-electron chi connectivity index (χ1n) is 9.20. The van der Waals surface area contributed by atoms with E-state index in [0.29, 0.717) is 0 Å². The largest absolute Gasteiger partial charge is 0.388 e. The van der Waals surface area contributed by atoms with Crippen molar-refractivity contribution in [2.24, 2.45) is 5.92 Å². The maximum atomic E-state index is 11.1. The Kier molecular flexibility index (Phi) is 3.65. The molecule has 0 saturated carbocycles. The summed E-state index contributed by atoms with van der Waals surface area (Å²) in [7, 11) is 0. The molecule has 0 aliphatic heterocycles. The van der Waals surface area contributed by atoms with Crippen LogP contribution in [0.2, 0.25) is 0 Å². The highest BCUT2D eigenvalue weighted by Gasteiger charge is 2.38. The van der Waals surface area contributed by atoms with E-state index in [2.05, 4.69) is 84.0 Å². The van der Waals surface area contributed by atoms with E-state index < -0.39 is 6.10 Å². The van der Waals surface area contributed by atoms with E-state index in [-0.39, 0.29) is 11.8 Å². The van der Waals surface area contributed by atoms with Gasteiger partial charge < -0.3 is 10.1 Å². The van der Waals surface area contributed by atoms with Crippen molar-refractivity contribution in [1.82, 2.24) is 4.98 Å². The van der Waals surface area contributed by atoms with Gasteiger partial charge in [0, 0.05) is 28.9 Å². The van der Waals surface area contributed by atoms with E-state index in [0.717, 1.165) is 17.5 Å². The zero-order valence-electron chi connectivity index (χ0n) is 14.5. The topological polar surface area (TPSA) is 36.0 Å². The molecule has 4 aromatic rings. The average Bonchev–Trinajstić information content (AvgIpc) is 3.26. The minimum absolute atomic E-state index is 0.133. The molecule has 0 spiro atoms. The Morgan fingerprint density at radius 3 is 2.42 bits per heavy atom. The Labute approximate surface area is 153 Å². The molecular weight excluding hydrogens is 318 g/mol. The van der Waals surface area contributed by atoms with Gasteiger partial charge in [-0.1, -0.05) is 72.8 Å². The molecule has 0 saturated heterocycles. The average molecular weight is 339 g/mol. The summed E-state index contributed by atoms with van der Waals surface area (Å²) < 4.78 is 0. The first-order chi connectivity index (χ1) is 12.8. The number of nitrogens with one attached hydrogen (secondary N) is 1. The summed E-state index contributed by atoms with van der Waals surface area (Å²) in [5, 5.41) is 12.4. The molecule has 128 valence electrons. The fraction of sp³-hybridized carbons (Fsp3) is 0.167. The van der Waals surface area contributed by atoms with Gasteiger partial charge in [0.05, 0.1) is 6.10 Å². The normalized spacial score (nSPS) is 20.2. The molecule has 0 radical (unpaired) electrons. The number of hydrogen-bond donors (Lipinski definition) is 2. The minimum Gasteiger partial charge on any atom is -0.388 e. The summed E-state index contributed by atoms with van der Waals surface area (Å²) in [6.45, 7) is 0. The third-order valence-electron chi connectivity index (χ3n) is 5.78. The Morgan fingerprint density at radius 2 is 1.58 bits per heavy atom. The third kappa shape index (κ3) is 2.38. The molecule has 2 nitrogen and oxygen atoms in total. The maximum absolute atomic E-state index is 11.1. The number of para-hydroxylation sites is 1. The summed E-state index contributed by atoms with van der Waals surface area (Å²) in [6.07, 6.45) is 2.58. The van der Waals surface area contributed by atoms with Crippen molar-refractivity contribution in [3.8, 4) is 0 Å². The fourth-order valence-corrected chi connectivity index (χ4v) is 4.57. The molecule has 0 fully saturated rings. The van der Waals surface area contributed by atoms with E-state index in [4.69, 9.17) is 0 Å². The van der Waals surface area contributed by atoms with E-state index in [1.54, 1.807) is 0 Å². The predicted molar refractivity (Wildman–Crippen MR) is 105 cm³/mol. The number of aromatic amines is 1. The smallest absolute Gasteiger partial charge is 0.0833 e. The zero-order chi connectivity index (χ0) is 17.5. The lowest BCUT2D eigenvalue weighted by Gasteiger charge is -2.27. The van der Waals surface area contributed by atoms with Gasteiger partial charge in [-0.05, 0) is 34.7 Å². The summed E-state index contributed by atoms with van der Waals surface area (Å²) in [4.78, 5) is 3.42. The fourth-order valence-electron chi connectivity index (χ4n) is 4.57. The van der Waals surface area contributed by atoms with Crippen LogP contribution in [0.3, 0.4) is 0 Å². The van der Waals surface area contributed by atoms with Gasteiger partial charge in [-0.3, -0.25) is 0 Å². The van der Waals surface area contributed by atoms with Crippen molar-refractivity contribution in [2.45, 2.75) is 18.4 Å². The number of fused-ring (bicyclic) bond motifs is 2. The van der Waals surface area contributed by atoms with Crippen LogP contribution in [0.15, 0.2) is 85.1 Å². The molecule has 3 atom stereocenters. The molecule has 0 amide bonds. The lowest BCUT2D eigenvalue weighted by molar-refractivity contribution is 0.114. The van der Waals surface area contributed by atoms with Crippen LogP contribution >= 0.6 is 0 Å². The number of aliphatic hydroxyl groups is 1. The van der Waals surface area contributed by atoms with Crippen LogP contribution in [0.4, 0.5) is 0 Å². The molecule has 2 heteroatoms. The van der Waals surface area contributed by atoms with Crippen molar-refractivity contribution in [1.29, 1.82) is 0 Å². The van der Waals surface area contributed by atoms with Crippen LogP contribution in [0.25, 0.3) is 10.9 Å². The second-order valence-electron chi connectivity index (χ2n) is 7.19. The Bertz CT molecular complexity index is 1050. The standard InChI is InChI=1S/C24H21NO/c26-24-18-11-5-4-10-17(18)14-20(24)23(16-8-2-1-3-9-16)21-15-25-22-13-7-6-12-19(21)22/h1-13,15,20,23-26H,14H2/t20-,23+,24+/m1/s1. The van der Waals surface area contributed by atoms with Crippen LogP contribution in [0.1, 0.15) is 34.3 Å². The highest BCUT2D eigenvalue weighted by molar-refractivity contribution is 5.84. The van der Waals surface area contributed by atoms with Crippen LogP contribution < -0.4 is 0 Å². The van der Waals surface area contributed by atoms with Crippen LogP contribution in [0.5, 0.6) is 0 Å². The molecular formula is C24H21NO. The summed E-state index contributed by atoms with van der Waals surface area (Å²) in [5.41, 5.74) is 6.02. The number of aliphatic hydroxyl groups excluding tert-OH is 1. The molecule has 0 unspecified atom stereocenters. The number of aromatic nitrogens is 1. The molecule has 1 heterocycles. The van der Waals surface area contributed by atoms with Gasteiger partial charge in [0.25, 0.3) is 0 Å². The molecule has 1 aromatic heterocycles. The summed E-state index contributed by atoms with van der Waals surface area (Å²) in [6, 6.07) is 27.3. The predicted octanol–water partition coefficient (Wildman–Crippen LogP) is 5.21. The molecule has 1 aliphatic rings. The second kappa shape index (κ2) is 6.15. The van der Waals surface area contributed by atoms with Crippen LogP contribution in [0, 0.1) is 5.92 Å². The minimum atomic E-state index is -0.440. The Hall–Kier alpha value is -2.84. The zero-order valence-corrected chi connectivity index (χ0v) is 14.5. The van der Waals surface area contributed by atoms with Crippen molar-refractivity contribution >= 4 is 10.9 Å². The van der Waals surface area contributed by atoms with E-state index in [9.17, 15) is 5.11 Å². The lowest BCUT2D eigenvalue weighted by atomic mass is 9.78. The van der Waals surface area contributed by atoms with Gasteiger partial charge in [-0.15, -0.1) is 0 Å². The highest BCUT2D eigenvalue weighted by Crippen LogP contribution is 2.47. The number of H-pyrrole nitrogens is 1. The van der Waals surface area contributed by atoms with Crippen LogP contribution in [-0.2, 0) is 6.42 Å². The van der Waals surface area contributed by atoms with Gasteiger partial charge in [-0.2, -0.15) is 0 Å². The van der Waals surface area contributed by atoms with Gasteiger partial charge >= 0.3 is 0 Å². The molecule has 0 bridgehead atoms. The van der Waals surface area contributed by atoms with E-state index in [1.807, 2.05) is 6.07 Å². The van der Waals surface area contributed by atoms with Gasteiger partial charge in [-0.25, -0.2) is 0 Å². The van der Waals surface area contributed by atoms with Crippen molar-refractivity contribution in [3.63, 3.8) is 0 Å².